The summed E-state index contributed by atoms with van der Waals surface area (Å²) in [6.07, 6.45) is 62.0. The number of esters is 1. The topological polar surface area (TPSA) is 95.9 Å². The zero-order valence-corrected chi connectivity index (χ0v) is 42.6. The van der Waals surface area contributed by atoms with Gasteiger partial charge in [-0.1, -0.05) is 257 Å². The number of ether oxygens (including phenoxy) is 1. The minimum Gasteiger partial charge on any atom is -0.466 e. The fourth-order valence-electron chi connectivity index (χ4n) is 8.93. The predicted octanol–water partition coefficient (Wildman–Crippen LogP) is 17.3. The van der Waals surface area contributed by atoms with E-state index in [2.05, 4.69) is 31.3 Å². The highest BCUT2D eigenvalue weighted by Gasteiger charge is 2.20. The summed E-state index contributed by atoms with van der Waals surface area (Å²) in [4.78, 5) is 24.5. The second-order valence-corrected chi connectivity index (χ2v) is 19.6. The van der Waals surface area contributed by atoms with E-state index in [9.17, 15) is 19.8 Å². The number of hydrogen-bond donors (Lipinski definition) is 3. The summed E-state index contributed by atoms with van der Waals surface area (Å²) in [6, 6.07) is -0.560. The SMILES string of the molecule is CCCCCCCCCCCCCCCCCCCCCCCCC(O)C(CO)NC(=O)CCCCCCC/C=C\CCCCCOC(=O)CCCCCCCCCCCCCC. The van der Waals surface area contributed by atoms with E-state index in [0.29, 0.717) is 25.9 Å². The number of carbonyl (C=O) groups excluding carboxylic acids is 2. The maximum absolute atomic E-state index is 12.5. The van der Waals surface area contributed by atoms with Crippen molar-refractivity contribution < 1.29 is 24.5 Å². The predicted molar refractivity (Wildman–Crippen MR) is 273 cm³/mol. The van der Waals surface area contributed by atoms with Crippen molar-refractivity contribution in [3.8, 4) is 0 Å². The molecule has 63 heavy (non-hydrogen) atoms. The first kappa shape index (κ1) is 61.6. The van der Waals surface area contributed by atoms with Crippen molar-refractivity contribution in [1.29, 1.82) is 0 Å². The number of nitrogens with one attached hydrogen (secondary N) is 1. The molecule has 6 heteroatoms. The Labute approximate surface area is 393 Å². The minimum absolute atomic E-state index is 0.0211. The first-order chi connectivity index (χ1) is 31.0. The van der Waals surface area contributed by atoms with Crippen LogP contribution in [0.25, 0.3) is 0 Å². The lowest BCUT2D eigenvalue weighted by molar-refractivity contribution is -0.143. The highest BCUT2D eigenvalue weighted by atomic mass is 16.5. The second-order valence-electron chi connectivity index (χ2n) is 19.6. The average molecular weight is 891 g/mol. The number of aliphatic hydroxyl groups is 2. The van der Waals surface area contributed by atoms with Crippen molar-refractivity contribution in [1.82, 2.24) is 5.32 Å². The van der Waals surface area contributed by atoms with Crippen LogP contribution in [0, 0.1) is 0 Å². The van der Waals surface area contributed by atoms with Gasteiger partial charge in [-0.3, -0.25) is 9.59 Å². The Morgan fingerprint density at radius 3 is 1.13 bits per heavy atom. The van der Waals surface area contributed by atoms with Gasteiger partial charge in [0.25, 0.3) is 0 Å². The van der Waals surface area contributed by atoms with E-state index in [1.54, 1.807) is 0 Å². The number of amides is 1. The largest absolute Gasteiger partial charge is 0.466 e. The molecule has 0 aliphatic heterocycles. The van der Waals surface area contributed by atoms with Crippen LogP contribution in [0.4, 0.5) is 0 Å². The fourth-order valence-corrected chi connectivity index (χ4v) is 8.93. The smallest absolute Gasteiger partial charge is 0.305 e. The van der Waals surface area contributed by atoms with Gasteiger partial charge in [0.15, 0.2) is 0 Å². The summed E-state index contributed by atoms with van der Waals surface area (Å²) in [7, 11) is 0. The zero-order chi connectivity index (χ0) is 45.8. The van der Waals surface area contributed by atoms with Gasteiger partial charge in [0.2, 0.25) is 5.91 Å². The molecule has 2 atom stereocenters. The van der Waals surface area contributed by atoms with Crippen LogP contribution in [0.1, 0.15) is 316 Å². The number of aliphatic hydroxyl groups excluding tert-OH is 2. The first-order valence-electron chi connectivity index (χ1n) is 28.4. The molecule has 0 aromatic heterocycles. The van der Waals surface area contributed by atoms with Gasteiger partial charge in [-0.25, -0.2) is 0 Å². The first-order valence-corrected chi connectivity index (χ1v) is 28.4. The van der Waals surface area contributed by atoms with Crippen molar-refractivity contribution in [2.45, 2.75) is 328 Å². The molecule has 0 heterocycles. The van der Waals surface area contributed by atoms with Gasteiger partial charge < -0.3 is 20.3 Å². The van der Waals surface area contributed by atoms with Gasteiger partial charge in [0.05, 0.1) is 25.4 Å². The quantitative estimate of drug-likeness (QED) is 0.0321. The molecule has 0 aliphatic carbocycles. The van der Waals surface area contributed by atoms with Gasteiger partial charge in [-0.15, -0.1) is 0 Å². The van der Waals surface area contributed by atoms with Crippen LogP contribution < -0.4 is 5.32 Å². The summed E-state index contributed by atoms with van der Waals surface area (Å²) < 4.78 is 5.44. The zero-order valence-electron chi connectivity index (χ0n) is 42.6. The minimum atomic E-state index is -0.680. The Balaban J connectivity index is 3.49. The van der Waals surface area contributed by atoms with E-state index < -0.39 is 12.1 Å². The number of rotatable bonds is 53. The Hall–Kier alpha value is -1.40. The average Bonchev–Trinajstić information content (AvgIpc) is 3.28. The molecular formula is C57H111NO5. The molecule has 2 unspecified atom stereocenters. The molecule has 3 N–H and O–H groups in total. The van der Waals surface area contributed by atoms with Crippen molar-refractivity contribution in [2.75, 3.05) is 13.2 Å². The van der Waals surface area contributed by atoms with Crippen molar-refractivity contribution in [3.63, 3.8) is 0 Å². The molecular weight excluding hydrogens is 779 g/mol. The molecule has 0 spiro atoms. The van der Waals surface area contributed by atoms with Crippen LogP contribution in [0.3, 0.4) is 0 Å². The van der Waals surface area contributed by atoms with Crippen LogP contribution in [-0.4, -0.2) is 47.4 Å². The van der Waals surface area contributed by atoms with Crippen LogP contribution in [0.15, 0.2) is 12.2 Å². The van der Waals surface area contributed by atoms with Gasteiger partial charge >= 0.3 is 5.97 Å². The fraction of sp³-hybridized carbons (Fsp3) is 0.930. The Bertz CT molecular complexity index is 939. The third-order valence-corrected chi connectivity index (χ3v) is 13.3. The summed E-state index contributed by atoms with van der Waals surface area (Å²) in [5, 5.41) is 23.3. The summed E-state index contributed by atoms with van der Waals surface area (Å²) in [5.74, 6) is -0.0785. The molecule has 0 saturated carbocycles. The molecule has 0 fully saturated rings. The molecule has 6 nitrogen and oxygen atoms in total. The normalized spacial score (nSPS) is 12.6. The highest BCUT2D eigenvalue weighted by Crippen LogP contribution is 2.17. The molecule has 0 aliphatic rings. The maximum atomic E-state index is 12.5. The lowest BCUT2D eigenvalue weighted by Crippen LogP contribution is -2.45. The third-order valence-electron chi connectivity index (χ3n) is 13.3. The van der Waals surface area contributed by atoms with Crippen molar-refractivity contribution in [3.05, 3.63) is 12.2 Å². The van der Waals surface area contributed by atoms with E-state index in [-0.39, 0.29) is 18.5 Å². The van der Waals surface area contributed by atoms with Crippen LogP contribution >= 0.6 is 0 Å². The van der Waals surface area contributed by atoms with E-state index in [1.807, 2.05) is 0 Å². The number of hydrogen-bond acceptors (Lipinski definition) is 5. The summed E-state index contributed by atoms with van der Waals surface area (Å²) >= 11 is 0. The lowest BCUT2D eigenvalue weighted by Gasteiger charge is -2.22. The Morgan fingerprint density at radius 1 is 0.429 bits per heavy atom. The number of allylic oxidation sites excluding steroid dienone is 2. The summed E-state index contributed by atoms with van der Waals surface area (Å²) in [6.45, 7) is 4.91. The van der Waals surface area contributed by atoms with E-state index in [1.165, 1.54) is 205 Å². The molecule has 0 aromatic carbocycles. The van der Waals surface area contributed by atoms with Crippen LogP contribution in [0.2, 0.25) is 0 Å². The second kappa shape index (κ2) is 53.2. The highest BCUT2D eigenvalue weighted by molar-refractivity contribution is 5.76. The van der Waals surface area contributed by atoms with E-state index in [4.69, 9.17) is 4.74 Å². The molecule has 0 aromatic rings. The number of carbonyl (C=O) groups is 2. The van der Waals surface area contributed by atoms with Gasteiger partial charge in [-0.2, -0.15) is 0 Å². The molecule has 0 radical (unpaired) electrons. The van der Waals surface area contributed by atoms with Crippen LogP contribution in [-0.2, 0) is 14.3 Å². The third kappa shape index (κ3) is 49.9. The van der Waals surface area contributed by atoms with Gasteiger partial charge in [0, 0.05) is 12.8 Å². The Morgan fingerprint density at radius 2 is 0.746 bits per heavy atom. The van der Waals surface area contributed by atoms with E-state index in [0.717, 1.165) is 77.0 Å². The summed E-state index contributed by atoms with van der Waals surface area (Å²) in [5.41, 5.74) is 0. The lowest BCUT2D eigenvalue weighted by atomic mass is 10.0. The van der Waals surface area contributed by atoms with Gasteiger partial charge in [-0.05, 0) is 57.8 Å². The van der Waals surface area contributed by atoms with Crippen molar-refractivity contribution in [2.24, 2.45) is 0 Å². The molecule has 374 valence electrons. The monoisotopic (exact) mass is 890 g/mol. The van der Waals surface area contributed by atoms with E-state index >= 15 is 0 Å². The van der Waals surface area contributed by atoms with Crippen LogP contribution in [0.5, 0.6) is 0 Å². The molecule has 0 bridgehead atoms. The standard InChI is InChI=1S/C57H111NO5/c1-3-5-7-9-11-13-15-17-18-19-20-21-22-23-24-25-26-29-33-37-41-45-49-55(60)54(53-59)58-56(61)50-46-42-38-34-30-27-28-32-36-40-44-48-52-63-57(62)51-47-43-39-35-31-16-14-12-10-8-6-4-2/h28,32,54-55,59-60H,3-27,29-31,33-53H2,1-2H3,(H,58,61)/b32-28-. The van der Waals surface area contributed by atoms with Gasteiger partial charge in [0.1, 0.15) is 0 Å². The molecule has 1 amide bonds. The molecule has 0 saturated heterocycles. The maximum Gasteiger partial charge on any atom is 0.305 e. The molecule has 0 rings (SSSR count). The van der Waals surface area contributed by atoms with Crippen molar-refractivity contribution >= 4 is 11.9 Å². The number of unbranched alkanes of at least 4 members (excludes halogenated alkanes) is 40. The Kier molecular flexibility index (Phi) is 52.0.